The number of rotatable bonds is 11. The van der Waals surface area contributed by atoms with E-state index in [0.717, 1.165) is 0 Å². The second kappa shape index (κ2) is 28.2. The average molecular weight is 375 g/mol. The molecular weight excluding hydrogens is 336 g/mol. The van der Waals surface area contributed by atoms with Crippen molar-refractivity contribution in [2.75, 3.05) is 0 Å². The largest absolute Gasteiger partial charge is 0.466 e. The molecule has 0 amide bonds. The molecule has 0 aromatic heterocycles. The van der Waals surface area contributed by atoms with Crippen molar-refractivity contribution in [1.29, 1.82) is 0 Å². The van der Waals surface area contributed by atoms with Gasteiger partial charge in [-0.3, -0.25) is 0 Å². The quantitative estimate of drug-likeness (QED) is 0.293. The van der Waals surface area contributed by atoms with Crippen molar-refractivity contribution >= 4 is 77.0 Å². The van der Waals surface area contributed by atoms with Crippen LogP contribution in [-0.4, -0.2) is 83.8 Å². The Bertz CT molecular complexity index is 196. The summed E-state index contributed by atoms with van der Waals surface area (Å²) in [7, 11) is -4.64. The Labute approximate surface area is 185 Å². The van der Waals surface area contributed by atoms with Gasteiger partial charge in [-0.15, -0.1) is 0 Å². The van der Waals surface area contributed by atoms with Gasteiger partial charge in [-0.1, -0.05) is 90.9 Å². The summed E-state index contributed by atoms with van der Waals surface area (Å²) in [6, 6.07) is 0. The monoisotopic (exact) mass is 374 g/mol. The summed E-state index contributed by atoms with van der Waals surface area (Å²) < 4.78 is 8.88. The normalized spacial score (nSPS) is 9.50. The lowest BCUT2D eigenvalue weighted by Gasteiger charge is -2.01. The molecule has 0 rings (SSSR count). The number of hydrogen-bond acceptors (Lipinski definition) is 1. The zero-order chi connectivity index (χ0) is 15.0. The van der Waals surface area contributed by atoms with E-state index in [0.29, 0.717) is 0 Å². The van der Waals surface area contributed by atoms with Crippen LogP contribution in [0.25, 0.3) is 0 Å². The van der Waals surface area contributed by atoms with Crippen molar-refractivity contribution in [2.45, 2.75) is 90.9 Å². The van der Waals surface area contributed by atoms with Crippen molar-refractivity contribution in [2.24, 2.45) is 0 Å². The molecule has 0 aromatic rings. The second-order valence-corrected chi connectivity index (χ2v) is 6.08. The lowest BCUT2D eigenvalue weighted by atomic mass is 10.1. The third kappa shape index (κ3) is 57.1. The van der Waals surface area contributed by atoms with Gasteiger partial charge in [0, 0.05) is 0 Å². The van der Waals surface area contributed by atoms with Crippen LogP contribution in [0.4, 0.5) is 0 Å². The predicted octanol–water partition coefficient (Wildman–Crippen LogP) is 2.03. The molecule has 0 heterocycles. The average Bonchev–Trinajstić information content (AvgIpc) is 2.29. The van der Waals surface area contributed by atoms with Gasteiger partial charge < -0.3 is 14.7 Å². The molecule has 0 aromatic carbocycles. The molecule has 0 aliphatic heterocycles. The van der Waals surface area contributed by atoms with Gasteiger partial charge in [0.15, 0.2) is 0 Å². The first-order valence-corrected chi connectivity index (χ1v) is 9.26. The van der Waals surface area contributed by atoms with Crippen LogP contribution in [0.3, 0.4) is 0 Å². The molecule has 0 aliphatic carbocycles. The zero-order valence-corrected chi connectivity index (χ0v) is 13.6. The Morgan fingerprint density at radius 3 is 0.818 bits per heavy atom. The highest BCUT2D eigenvalue weighted by Gasteiger charge is 2.00. The first-order valence-electron chi connectivity index (χ1n) is 7.70. The molecule has 0 saturated heterocycles. The highest BCUT2D eigenvalue weighted by atomic mass is 31.2. The predicted molar refractivity (Wildman–Crippen MR) is 107 cm³/mol. The van der Waals surface area contributed by atoms with Gasteiger partial charge in [-0.25, -0.2) is 4.57 Å². The molecular formula is C14H39Mg3O4P. The van der Waals surface area contributed by atoms with Crippen LogP contribution in [0.5, 0.6) is 0 Å². The van der Waals surface area contributed by atoms with Gasteiger partial charge in [0.2, 0.25) is 0 Å². The first kappa shape index (κ1) is 35.5. The molecule has 0 bridgehead atoms. The second-order valence-electron chi connectivity index (χ2n) is 5.05. The van der Waals surface area contributed by atoms with E-state index in [1.165, 1.54) is 77.0 Å². The Hall–Kier alpha value is 2.41. The van der Waals surface area contributed by atoms with Crippen molar-refractivity contribution < 1.29 is 19.2 Å². The molecule has 8 heteroatoms. The minimum atomic E-state index is -4.64. The highest BCUT2D eigenvalue weighted by molar-refractivity contribution is 7.45. The van der Waals surface area contributed by atoms with Crippen LogP contribution in [-0.2, 0) is 4.57 Å². The van der Waals surface area contributed by atoms with Crippen LogP contribution < -0.4 is 0 Å². The molecule has 3 N–H and O–H groups in total. The van der Waals surface area contributed by atoms with Crippen LogP contribution in [0.1, 0.15) is 90.9 Å². The molecule has 0 aliphatic rings. The molecule has 0 spiro atoms. The summed E-state index contributed by atoms with van der Waals surface area (Å²) in [5, 5.41) is 0. The van der Waals surface area contributed by atoms with E-state index < -0.39 is 7.82 Å². The van der Waals surface area contributed by atoms with Crippen LogP contribution in [0, 0.1) is 0 Å². The van der Waals surface area contributed by atoms with E-state index in [1.54, 1.807) is 0 Å². The van der Waals surface area contributed by atoms with Gasteiger partial charge in [-0.2, -0.15) is 0 Å². The van der Waals surface area contributed by atoms with E-state index in [9.17, 15) is 0 Å². The maximum absolute atomic E-state index is 8.88. The fourth-order valence-electron chi connectivity index (χ4n) is 1.91. The van der Waals surface area contributed by atoms with Gasteiger partial charge in [-0.05, 0) is 0 Å². The third-order valence-electron chi connectivity index (χ3n) is 2.96. The van der Waals surface area contributed by atoms with E-state index in [2.05, 4.69) is 13.8 Å². The molecule has 0 saturated carbocycles. The number of hydrogen-bond donors (Lipinski definition) is 3. The van der Waals surface area contributed by atoms with E-state index >= 15 is 0 Å². The molecule has 4 nitrogen and oxygen atoms in total. The van der Waals surface area contributed by atoms with Gasteiger partial charge >= 0.3 is 77.0 Å². The summed E-state index contributed by atoms with van der Waals surface area (Å²) in [4.78, 5) is 21.6. The molecule has 130 valence electrons. The topological polar surface area (TPSA) is 77.8 Å². The Balaban J connectivity index is -0.000000105. The molecule has 0 fully saturated rings. The van der Waals surface area contributed by atoms with Crippen molar-refractivity contribution in [3.8, 4) is 0 Å². The fraction of sp³-hybridized carbons (Fsp3) is 1.00. The Morgan fingerprint density at radius 2 is 0.682 bits per heavy atom. The van der Waals surface area contributed by atoms with E-state index in [4.69, 9.17) is 19.2 Å². The van der Waals surface area contributed by atoms with E-state index in [-0.39, 0.29) is 69.2 Å². The SMILES string of the molecule is CCCCCCCCCCCCCC.O=P(O)(O)O.[MgH2].[MgH2].[MgH2]. The summed E-state index contributed by atoms with van der Waals surface area (Å²) in [5.74, 6) is 0. The van der Waals surface area contributed by atoms with Crippen LogP contribution >= 0.6 is 7.82 Å². The first-order chi connectivity index (χ1) is 8.91. The minimum Gasteiger partial charge on any atom is -0.303 e. The van der Waals surface area contributed by atoms with Crippen LogP contribution in [0.15, 0.2) is 0 Å². The summed E-state index contributed by atoms with van der Waals surface area (Å²) >= 11 is 0. The van der Waals surface area contributed by atoms with Crippen molar-refractivity contribution in [3.63, 3.8) is 0 Å². The molecule has 0 unspecified atom stereocenters. The maximum Gasteiger partial charge on any atom is 0.466 e. The maximum atomic E-state index is 8.88. The van der Waals surface area contributed by atoms with Gasteiger partial charge in [0.1, 0.15) is 0 Å². The lowest BCUT2D eigenvalue weighted by Crippen LogP contribution is -1.81. The summed E-state index contributed by atoms with van der Waals surface area (Å²) in [6.07, 6.45) is 17.4. The Kier molecular flexibility index (Phi) is 45.5. The summed E-state index contributed by atoms with van der Waals surface area (Å²) in [5.41, 5.74) is 0. The number of unbranched alkanes of at least 4 members (excludes halogenated alkanes) is 11. The third-order valence-corrected chi connectivity index (χ3v) is 2.96. The molecule has 0 radical (unpaired) electrons. The fourth-order valence-corrected chi connectivity index (χ4v) is 1.91. The minimum absolute atomic E-state index is 0. The smallest absolute Gasteiger partial charge is 0.303 e. The highest BCUT2D eigenvalue weighted by Crippen LogP contribution is 2.25. The zero-order valence-electron chi connectivity index (χ0n) is 12.7. The molecule has 22 heavy (non-hydrogen) atoms. The van der Waals surface area contributed by atoms with Gasteiger partial charge in [0.25, 0.3) is 0 Å². The van der Waals surface area contributed by atoms with Crippen molar-refractivity contribution in [1.82, 2.24) is 0 Å². The standard InChI is InChI=1S/C14H30.3Mg.H3O4P.6H/c1-3-5-7-9-11-13-14-12-10-8-6-4-2;;;;1-5(2,3)4;;;;;;/h3-14H2,1-2H3;;;;(H3,1,2,3,4);;;;;;. The molecule has 0 atom stereocenters. The summed E-state index contributed by atoms with van der Waals surface area (Å²) in [6.45, 7) is 4.57. The lowest BCUT2D eigenvalue weighted by molar-refractivity contribution is 0.275. The van der Waals surface area contributed by atoms with Crippen molar-refractivity contribution in [3.05, 3.63) is 0 Å². The van der Waals surface area contributed by atoms with E-state index in [1.807, 2.05) is 0 Å². The number of phosphoric acid groups is 1. The van der Waals surface area contributed by atoms with Crippen LogP contribution in [0.2, 0.25) is 0 Å². The van der Waals surface area contributed by atoms with Gasteiger partial charge in [0.05, 0.1) is 0 Å². The Morgan fingerprint density at radius 1 is 0.545 bits per heavy atom.